The minimum Gasteiger partial charge on any atom is -0.508 e. The molecule has 2 fully saturated rings. The Morgan fingerprint density at radius 2 is 1.30 bits per heavy atom. The molecule has 2 saturated heterocycles. The van der Waals surface area contributed by atoms with Gasteiger partial charge in [-0.05, 0) is 11.5 Å². The lowest BCUT2D eigenvalue weighted by Gasteiger charge is -2.34. The Hall–Kier alpha value is -1.01. The summed E-state index contributed by atoms with van der Waals surface area (Å²) >= 11 is 0. The van der Waals surface area contributed by atoms with E-state index in [1.54, 1.807) is 6.07 Å². The molecule has 0 radical (unpaired) electrons. The van der Waals surface area contributed by atoms with E-state index < -0.39 is 14.2 Å². The van der Waals surface area contributed by atoms with Crippen LogP contribution in [0.4, 0.5) is 0 Å². The second-order valence-corrected chi connectivity index (χ2v) is 8.05. The first-order valence-corrected chi connectivity index (χ1v) is 8.05. The van der Waals surface area contributed by atoms with Gasteiger partial charge in [0.25, 0.3) is 0 Å². The normalized spacial score (nSPS) is 23.8. The Balaban J connectivity index is 1.75. The smallest absolute Gasteiger partial charge is 0.497 e. The van der Waals surface area contributed by atoms with Crippen molar-refractivity contribution in [3.63, 3.8) is 0 Å². The maximum atomic E-state index is 10.2. The number of phenolic OH excluding ortho intramolecular Hbond substituents is 1. The summed E-state index contributed by atoms with van der Waals surface area (Å²) in [5, 5.41) is 10.2. The highest BCUT2D eigenvalue weighted by molar-refractivity contribution is 6.66. The SMILES string of the molecule is CC1(C)COB(c2ccc(O)c(B3OCC(C)(C)CO3)c2)OC1. The van der Waals surface area contributed by atoms with Gasteiger partial charge in [0.05, 0.1) is 0 Å². The number of hydrogen-bond donors (Lipinski definition) is 1. The molecule has 0 aromatic heterocycles. The zero-order chi connectivity index (χ0) is 16.7. The second kappa shape index (κ2) is 6.13. The Kier molecular flexibility index (Phi) is 4.49. The standard InChI is InChI=1S/C16H24B2O5/c1-15(2)8-20-17(21-9-15)12-5-6-14(19)13(7-12)18-22-10-16(3,4)11-23-18/h5-7,19H,8-11H2,1-4H3. The van der Waals surface area contributed by atoms with E-state index in [1.807, 2.05) is 12.1 Å². The van der Waals surface area contributed by atoms with Gasteiger partial charge in [-0.3, -0.25) is 0 Å². The van der Waals surface area contributed by atoms with Crippen LogP contribution in [-0.4, -0.2) is 45.8 Å². The lowest BCUT2D eigenvalue weighted by Crippen LogP contribution is -2.51. The Bertz CT molecular complexity index is 556. The van der Waals surface area contributed by atoms with Crippen molar-refractivity contribution in [3.8, 4) is 5.75 Å². The maximum Gasteiger partial charge on any atom is 0.497 e. The van der Waals surface area contributed by atoms with E-state index >= 15 is 0 Å². The van der Waals surface area contributed by atoms with Crippen molar-refractivity contribution in [3.05, 3.63) is 18.2 Å². The third kappa shape index (κ3) is 3.91. The molecule has 3 rings (SSSR count). The van der Waals surface area contributed by atoms with Crippen LogP contribution in [0.15, 0.2) is 18.2 Å². The predicted octanol–water partition coefficient (Wildman–Crippen LogP) is 0.929. The molecule has 0 amide bonds. The van der Waals surface area contributed by atoms with E-state index in [0.717, 1.165) is 5.46 Å². The van der Waals surface area contributed by atoms with Crippen LogP contribution in [0.1, 0.15) is 27.7 Å². The largest absolute Gasteiger partial charge is 0.508 e. The predicted molar refractivity (Wildman–Crippen MR) is 90.3 cm³/mol. The summed E-state index contributed by atoms with van der Waals surface area (Å²) in [7, 11) is -0.967. The molecular formula is C16H24B2O5. The Morgan fingerprint density at radius 3 is 1.83 bits per heavy atom. The molecule has 5 nitrogen and oxygen atoms in total. The molecule has 1 aromatic rings. The van der Waals surface area contributed by atoms with Crippen LogP contribution in [0.3, 0.4) is 0 Å². The van der Waals surface area contributed by atoms with E-state index in [1.165, 1.54) is 0 Å². The lowest BCUT2D eigenvalue weighted by molar-refractivity contribution is 0.0337. The number of phenols is 1. The minimum atomic E-state index is -0.553. The number of hydrogen-bond acceptors (Lipinski definition) is 5. The Morgan fingerprint density at radius 1 is 0.826 bits per heavy atom. The second-order valence-electron chi connectivity index (χ2n) is 8.05. The highest BCUT2D eigenvalue weighted by Crippen LogP contribution is 2.23. The van der Waals surface area contributed by atoms with Crippen LogP contribution in [0.2, 0.25) is 0 Å². The number of rotatable bonds is 2. The van der Waals surface area contributed by atoms with Gasteiger partial charge in [-0.2, -0.15) is 0 Å². The van der Waals surface area contributed by atoms with Crippen LogP contribution in [0.25, 0.3) is 0 Å². The lowest BCUT2D eigenvalue weighted by atomic mass is 9.69. The third-order valence-corrected chi connectivity index (χ3v) is 4.08. The van der Waals surface area contributed by atoms with E-state index in [0.29, 0.717) is 31.9 Å². The van der Waals surface area contributed by atoms with Crippen molar-refractivity contribution in [1.29, 1.82) is 0 Å². The summed E-state index contributed by atoms with van der Waals surface area (Å²) in [4.78, 5) is 0. The molecule has 23 heavy (non-hydrogen) atoms. The first-order chi connectivity index (χ1) is 10.8. The third-order valence-electron chi connectivity index (χ3n) is 4.08. The average molecular weight is 318 g/mol. The fourth-order valence-corrected chi connectivity index (χ4v) is 2.67. The number of benzene rings is 1. The van der Waals surface area contributed by atoms with Crippen molar-refractivity contribution in [2.24, 2.45) is 10.8 Å². The monoisotopic (exact) mass is 318 g/mol. The molecule has 2 aliphatic rings. The van der Waals surface area contributed by atoms with Gasteiger partial charge in [0.15, 0.2) is 0 Å². The fraction of sp³-hybridized carbons (Fsp3) is 0.625. The van der Waals surface area contributed by atoms with Crippen molar-refractivity contribution in [1.82, 2.24) is 0 Å². The molecule has 1 aromatic carbocycles. The van der Waals surface area contributed by atoms with E-state index in [-0.39, 0.29) is 16.6 Å². The minimum absolute atomic E-state index is 0.00902. The zero-order valence-corrected chi connectivity index (χ0v) is 14.3. The summed E-state index contributed by atoms with van der Waals surface area (Å²) in [5.74, 6) is 0.162. The van der Waals surface area contributed by atoms with Crippen molar-refractivity contribution in [2.45, 2.75) is 27.7 Å². The molecule has 0 aliphatic carbocycles. The van der Waals surface area contributed by atoms with Crippen LogP contribution < -0.4 is 10.9 Å². The van der Waals surface area contributed by atoms with Crippen molar-refractivity contribution >= 4 is 25.2 Å². The number of aromatic hydroxyl groups is 1. The van der Waals surface area contributed by atoms with Gasteiger partial charge in [-0.1, -0.05) is 39.8 Å². The first kappa shape index (κ1) is 16.8. The van der Waals surface area contributed by atoms with Crippen LogP contribution in [0.5, 0.6) is 5.75 Å². The van der Waals surface area contributed by atoms with Gasteiger partial charge in [0.1, 0.15) is 5.75 Å². The summed E-state index contributed by atoms with van der Waals surface area (Å²) in [6.45, 7) is 10.8. The summed E-state index contributed by atoms with van der Waals surface area (Å²) in [6, 6.07) is 5.31. The molecule has 124 valence electrons. The van der Waals surface area contributed by atoms with Crippen molar-refractivity contribution < 1.29 is 23.7 Å². The zero-order valence-electron chi connectivity index (χ0n) is 14.3. The molecule has 7 heteroatoms. The van der Waals surface area contributed by atoms with Gasteiger partial charge in [0.2, 0.25) is 0 Å². The fourth-order valence-electron chi connectivity index (χ4n) is 2.67. The maximum absolute atomic E-state index is 10.2. The van der Waals surface area contributed by atoms with Crippen LogP contribution >= 0.6 is 0 Å². The van der Waals surface area contributed by atoms with E-state index in [2.05, 4.69) is 27.7 Å². The molecule has 2 heterocycles. The average Bonchev–Trinajstić information content (AvgIpc) is 2.48. The summed E-state index contributed by atoms with van der Waals surface area (Å²) < 4.78 is 23.2. The van der Waals surface area contributed by atoms with Gasteiger partial charge >= 0.3 is 14.2 Å². The van der Waals surface area contributed by atoms with Gasteiger partial charge in [-0.15, -0.1) is 0 Å². The molecule has 2 aliphatic heterocycles. The summed E-state index contributed by atoms with van der Waals surface area (Å²) in [5.41, 5.74) is 1.50. The molecule has 0 spiro atoms. The molecular weight excluding hydrogens is 294 g/mol. The van der Waals surface area contributed by atoms with Gasteiger partial charge in [-0.25, -0.2) is 0 Å². The molecule has 0 atom stereocenters. The van der Waals surface area contributed by atoms with Crippen LogP contribution in [0, 0.1) is 10.8 Å². The van der Waals surface area contributed by atoms with Gasteiger partial charge in [0, 0.05) is 42.7 Å². The molecule has 0 unspecified atom stereocenters. The quantitative estimate of drug-likeness (QED) is 0.822. The summed E-state index contributed by atoms with van der Waals surface area (Å²) in [6.07, 6.45) is 0. The van der Waals surface area contributed by atoms with Gasteiger partial charge < -0.3 is 23.7 Å². The molecule has 0 bridgehead atoms. The highest BCUT2D eigenvalue weighted by atomic mass is 16.6. The van der Waals surface area contributed by atoms with E-state index in [9.17, 15) is 5.11 Å². The van der Waals surface area contributed by atoms with Crippen molar-refractivity contribution in [2.75, 3.05) is 26.4 Å². The highest BCUT2D eigenvalue weighted by Gasteiger charge is 2.37. The topological polar surface area (TPSA) is 57.2 Å². The molecule has 1 N–H and O–H groups in total. The van der Waals surface area contributed by atoms with E-state index in [4.69, 9.17) is 18.6 Å². The molecule has 0 saturated carbocycles. The van der Waals surface area contributed by atoms with Crippen LogP contribution in [-0.2, 0) is 18.6 Å². The Labute approximate surface area is 138 Å². The first-order valence-electron chi connectivity index (χ1n) is 8.05.